The number of rotatable bonds is 6. The third-order valence-electron chi connectivity index (χ3n) is 2.28. The smallest absolute Gasteiger partial charge is 0.423 e. The molecule has 0 aromatic heterocycles. The highest BCUT2D eigenvalue weighted by molar-refractivity contribution is 7.80. The minimum absolute atomic E-state index is 0.0728. The molecule has 0 aliphatic heterocycles. The van der Waals surface area contributed by atoms with Gasteiger partial charge in [0.05, 0.1) is 0 Å². The van der Waals surface area contributed by atoms with Gasteiger partial charge in [-0.3, -0.25) is 4.79 Å². The van der Waals surface area contributed by atoms with Crippen LogP contribution in [0.4, 0.5) is 5.69 Å². The lowest BCUT2D eigenvalue weighted by atomic mass is 9.80. The number of nitrogens with one attached hydrogen (secondary N) is 1. The second-order valence-corrected chi connectivity index (χ2v) is 4.18. The number of hydrogen-bond acceptors (Lipinski definition) is 4. The van der Waals surface area contributed by atoms with E-state index in [0.717, 1.165) is 18.6 Å². The molecule has 0 aliphatic carbocycles. The molecule has 0 unspecified atom stereocenters. The normalized spacial score (nSPS) is 10.1. The average molecular weight is 253 g/mol. The SMILES string of the molecule is O=C(CCCCS)Nc1cccc(B(O)O)c1. The Labute approximate surface area is 107 Å². The molecule has 6 heteroatoms. The van der Waals surface area contributed by atoms with E-state index in [1.807, 2.05) is 0 Å². The number of benzene rings is 1. The van der Waals surface area contributed by atoms with Crippen LogP contribution in [0.15, 0.2) is 24.3 Å². The maximum Gasteiger partial charge on any atom is 0.488 e. The number of carbonyl (C=O) groups excluding carboxylic acids is 1. The van der Waals surface area contributed by atoms with Crippen LogP contribution >= 0.6 is 12.6 Å². The van der Waals surface area contributed by atoms with Crippen LogP contribution in [-0.4, -0.2) is 28.8 Å². The van der Waals surface area contributed by atoms with Gasteiger partial charge in [-0.05, 0) is 36.2 Å². The summed E-state index contributed by atoms with van der Waals surface area (Å²) in [6, 6.07) is 6.50. The molecule has 0 saturated carbocycles. The van der Waals surface area contributed by atoms with Crippen LogP contribution in [0.2, 0.25) is 0 Å². The average Bonchev–Trinajstić information content (AvgIpc) is 2.29. The Morgan fingerprint density at radius 2 is 2.12 bits per heavy atom. The van der Waals surface area contributed by atoms with Crippen molar-refractivity contribution in [1.82, 2.24) is 0 Å². The van der Waals surface area contributed by atoms with Gasteiger partial charge in [-0.25, -0.2) is 0 Å². The largest absolute Gasteiger partial charge is 0.488 e. The molecule has 0 atom stereocenters. The minimum Gasteiger partial charge on any atom is -0.423 e. The van der Waals surface area contributed by atoms with Crippen LogP contribution < -0.4 is 10.8 Å². The number of amides is 1. The summed E-state index contributed by atoms with van der Waals surface area (Å²) in [5, 5.41) is 20.7. The first kappa shape index (κ1) is 14.1. The van der Waals surface area contributed by atoms with E-state index in [4.69, 9.17) is 10.0 Å². The van der Waals surface area contributed by atoms with Gasteiger partial charge in [-0.15, -0.1) is 0 Å². The van der Waals surface area contributed by atoms with Crippen molar-refractivity contribution in [3.63, 3.8) is 0 Å². The highest BCUT2D eigenvalue weighted by Crippen LogP contribution is 2.06. The fourth-order valence-electron chi connectivity index (χ4n) is 1.40. The first-order valence-electron chi connectivity index (χ1n) is 5.50. The zero-order valence-corrected chi connectivity index (χ0v) is 10.4. The van der Waals surface area contributed by atoms with Crippen molar-refractivity contribution in [1.29, 1.82) is 0 Å². The van der Waals surface area contributed by atoms with Crippen molar-refractivity contribution >= 4 is 36.8 Å². The Morgan fingerprint density at radius 1 is 1.35 bits per heavy atom. The zero-order chi connectivity index (χ0) is 12.7. The molecule has 0 spiro atoms. The number of anilines is 1. The van der Waals surface area contributed by atoms with Gasteiger partial charge in [0.1, 0.15) is 0 Å². The van der Waals surface area contributed by atoms with Crippen molar-refractivity contribution in [3.8, 4) is 0 Å². The van der Waals surface area contributed by atoms with Gasteiger partial charge in [-0.1, -0.05) is 12.1 Å². The number of carbonyl (C=O) groups is 1. The van der Waals surface area contributed by atoms with Crippen molar-refractivity contribution in [2.45, 2.75) is 19.3 Å². The molecule has 92 valence electrons. The lowest BCUT2D eigenvalue weighted by Gasteiger charge is -2.06. The maximum atomic E-state index is 11.5. The van der Waals surface area contributed by atoms with Crippen molar-refractivity contribution < 1.29 is 14.8 Å². The fourth-order valence-corrected chi connectivity index (χ4v) is 1.62. The fraction of sp³-hybridized carbons (Fsp3) is 0.364. The molecule has 1 aromatic rings. The molecular formula is C11H16BNO3S. The molecule has 17 heavy (non-hydrogen) atoms. The van der Waals surface area contributed by atoms with E-state index in [9.17, 15) is 4.79 Å². The Bertz CT molecular complexity index is 373. The van der Waals surface area contributed by atoms with Gasteiger partial charge >= 0.3 is 7.12 Å². The van der Waals surface area contributed by atoms with E-state index in [1.54, 1.807) is 24.3 Å². The molecular weight excluding hydrogens is 237 g/mol. The van der Waals surface area contributed by atoms with Gasteiger partial charge < -0.3 is 15.4 Å². The molecule has 0 saturated heterocycles. The molecule has 3 N–H and O–H groups in total. The summed E-state index contributed by atoms with van der Waals surface area (Å²) < 4.78 is 0. The summed E-state index contributed by atoms with van der Waals surface area (Å²) in [5.74, 6) is 0.704. The van der Waals surface area contributed by atoms with Gasteiger partial charge in [-0.2, -0.15) is 12.6 Å². The zero-order valence-electron chi connectivity index (χ0n) is 9.47. The van der Waals surface area contributed by atoms with Gasteiger partial charge in [0.15, 0.2) is 0 Å². The second kappa shape index (κ2) is 7.37. The van der Waals surface area contributed by atoms with Gasteiger partial charge in [0.2, 0.25) is 5.91 Å². The first-order chi connectivity index (χ1) is 8.13. The molecule has 1 amide bonds. The molecule has 0 bridgehead atoms. The number of unbranched alkanes of at least 4 members (excludes halogenated alkanes) is 1. The van der Waals surface area contributed by atoms with E-state index in [-0.39, 0.29) is 5.91 Å². The summed E-state index contributed by atoms with van der Waals surface area (Å²) >= 11 is 4.07. The lowest BCUT2D eigenvalue weighted by molar-refractivity contribution is -0.116. The first-order valence-corrected chi connectivity index (χ1v) is 6.13. The van der Waals surface area contributed by atoms with Crippen LogP contribution in [0.3, 0.4) is 0 Å². The summed E-state index contributed by atoms with van der Waals surface area (Å²) in [5.41, 5.74) is 0.935. The topological polar surface area (TPSA) is 69.6 Å². The van der Waals surface area contributed by atoms with Crippen molar-refractivity contribution in [2.24, 2.45) is 0 Å². The molecule has 0 radical (unpaired) electrons. The maximum absolute atomic E-state index is 11.5. The van der Waals surface area contributed by atoms with Crippen molar-refractivity contribution in [3.05, 3.63) is 24.3 Å². The molecule has 1 rings (SSSR count). The molecule has 0 fully saturated rings. The molecule has 4 nitrogen and oxygen atoms in total. The summed E-state index contributed by atoms with van der Waals surface area (Å²) in [6.07, 6.45) is 2.16. The standard InChI is InChI=1S/C11H16BNO3S/c14-11(6-1-2-7-17)13-10-5-3-4-9(8-10)12(15)16/h3-5,8,15-17H,1-2,6-7H2,(H,13,14). The van der Waals surface area contributed by atoms with Gasteiger partial charge in [0, 0.05) is 12.1 Å². The Morgan fingerprint density at radius 3 is 2.76 bits per heavy atom. The number of thiol groups is 1. The quantitative estimate of drug-likeness (QED) is 0.337. The van der Waals surface area contributed by atoms with Crippen LogP contribution in [-0.2, 0) is 4.79 Å². The second-order valence-electron chi connectivity index (χ2n) is 3.73. The third kappa shape index (κ3) is 5.25. The van der Waals surface area contributed by atoms with E-state index < -0.39 is 7.12 Å². The van der Waals surface area contributed by atoms with Crippen LogP contribution in [0.1, 0.15) is 19.3 Å². The monoisotopic (exact) mass is 253 g/mol. The molecule has 0 aliphatic rings. The molecule has 1 aromatic carbocycles. The molecule has 0 heterocycles. The van der Waals surface area contributed by atoms with Crippen LogP contribution in [0.25, 0.3) is 0 Å². The Balaban J connectivity index is 2.50. The van der Waals surface area contributed by atoms with Crippen LogP contribution in [0, 0.1) is 0 Å². The lowest BCUT2D eigenvalue weighted by Crippen LogP contribution is -2.30. The van der Waals surface area contributed by atoms with E-state index in [0.29, 0.717) is 17.6 Å². The predicted molar refractivity (Wildman–Crippen MR) is 72.6 cm³/mol. The van der Waals surface area contributed by atoms with Crippen LogP contribution in [0.5, 0.6) is 0 Å². The summed E-state index contributed by atoms with van der Waals surface area (Å²) in [6.45, 7) is 0. The highest BCUT2D eigenvalue weighted by atomic mass is 32.1. The summed E-state index contributed by atoms with van der Waals surface area (Å²) in [4.78, 5) is 11.5. The minimum atomic E-state index is -1.52. The van der Waals surface area contributed by atoms with E-state index in [2.05, 4.69) is 17.9 Å². The predicted octanol–water partition coefficient (Wildman–Crippen LogP) is 0.405. The van der Waals surface area contributed by atoms with Gasteiger partial charge in [0.25, 0.3) is 0 Å². The Kier molecular flexibility index (Phi) is 6.11. The third-order valence-corrected chi connectivity index (χ3v) is 2.60. The Hall–Kier alpha value is -0.975. The van der Waals surface area contributed by atoms with E-state index >= 15 is 0 Å². The highest BCUT2D eigenvalue weighted by Gasteiger charge is 2.11. The van der Waals surface area contributed by atoms with E-state index in [1.165, 1.54) is 0 Å². The summed E-state index contributed by atoms with van der Waals surface area (Å²) in [7, 11) is -1.52. The number of hydrogen-bond donors (Lipinski definition) is 4. The van der Waals surface area contributed by atoms with Crippen molar-refractivity contribution in [2.75, 3.05) is 11.1 Å².